The number of benzene rings is 2. The Balaban J connectivity index is 1.79. The molecule has 6 heteroatoms. The van der Waals surface area contributed by atoms with Crippen LogP contribution in [0.25, 0.3) is 21.8 Å². The van der Waals surface area contributed by atoms with Crippen LogP contribution in [0.15, 0.2) is 60.9 Å². The van der Waals surface area contributed by atoms with E-state index in [4.69, 9.17) is 5.26 Å². The molecule has 0 aliphatic carbocycles. The predicted molar refractivity (Wildman–Crippen MR) is 118 cm³/mol. The zero-order chi connectivity index (χ0) is 21.6. The monoisotopic (exact) mass is 410 g/mol. The molecule has 1 fully saturated rings. The van der Waals surface area contributed by atoms with Crippen LogP contribution in [0.4, 0.5) is 0 Å². The maximum atomic E-state index is 13.5. The summed E-state index contributed by atoms with van der Waals surface area (Å²) in [7, 11) is 1.95. The summed E-state index contributed by atoms with van der Waals surface area (Å²) in [6, 6.07) is 17.9. The van der Waals surface area contributed by atoms with Crippen molar-refractivity contribution >= 4 is 33.6 Å². The van der Waals surface area contributed by atoms with Crippen LogP contribution >= 0.6 is 0 Å². The summed E-state index contributed by atoms with van der Waals surface area (Å²) in [6.07, 6.45) is 5.08. The molecule has 2 unspecified atom stereocenters. The van der Waals surface area contributed by atoms with E-state index in [1.165, 1.54) is 0 Å². The molecule has 0 bridgehead atoms. The topological polar surface area (TPSA) is 90.7 Å². The quantitative estimate of drug-likeness (QED) is 0.384. The summed E-state index contributed by atoms with van der Waals surface area (Å²) in [4.78, 5) is 30.1. The van der Waals surface area contributed by atoms with Crippen molar-refractivity contribution in [3.63, 3.8) is 0 Å². The fourth-order valence-corrected chi connectivity index (χ4v) is 5.22. The highest BCUT2D eigenvalue weighted by Crippen LogP contribution is 2.50. The first-order valence-corrected chi connectivity index (χ1v) is 10.4. The highest BCUT2D eigenvalue weighted by molar-refractivity contribution is 6.15. The second-order valence-corrected chi connectivity index (χ2v) is 8.19. The first-order chi connectivity index (χ1) is 15.1. The smallest absolute Gasteiger partial charge is 0.238 e. The van der Waals surface area contributed by atoms with E-state index in [0.717, 1.165) is 32.9 Å². The van der Waals surface area contributed by atoms with Crippen molar-refractivity contribution in [2.75, 3.05) is 0 Å². The Kier molecular flexibility index (Phi) is 4.40. The van der Waals surface area contributed by atoms with Gasteiger partial charge in [0.15, 0.2) is 0 Å². The van der Waals surface area contributed by atoms with Crippen LogP contribution in [0.2, 0.25) is 0 Å². The van der Waals surface area contributed by atoms with Crippen molar-refractivity contribution in [1.82, 2.24) is 14.9 Å². The molecule has 31 heavy (non-hydrogen) atoms. The average Bonchev–Trinajstić information content (AvgIpc) is 3.41. The number of aromatic nitrogens is 2. The molecule has 2 amide bonds. The molecule has 1 aliphatic rings. The lowest BCUT2D eigenvalue weighted by molar-refractivity contribution is -0.126. The fraction of sp³-hybridized carbons (Fsp3) is 0.240. The number of nitrogens with zero attached hydrogens (tertiary/aromatic N) is 2. The number of rotatable bonds is 5. The molecule has 1 saturated heterocycles. The van der Waals surface area contributed by atoms with Crippen molar-refractivity contribution in [2.24, 2.45) is 7.05 Å². The van der Waals surface area contributed by atoms with Crippen molar-refractivity contribution in [3.05, 3.63) is 72.1 Å². The molecule has 0 saturated carbocycles. The number of unbranched alkanes of at least 4 members (excludes halogenated alkanes) is 1. The molecular formula is C25H22N4O2. The lowest BCUT2D eigenvalue weighted by Crippen LogP contribution is -2.39. The highest BCUT2D eigenvalue weighted by atomic mass is 16.2. The van der Waals surface area contributed by atoms with Gasteiger partial charge in [-0.3, -0.25) is 14.9 Å². The summed E-state index contributed by atoms with van der Waals surface area (Å²) < 4.78 is 2.00. The summed E-state index contributed by atoms with van der Waals surface area (Å²) in [5.74, 6) is -1.26. The second kappa shape index (κ2) is 7.13. The standard InChI is InChI=1S/C25H22N4O2/c1-29-15-18(16-8-3-5-11-21(16)29)22-23(30)28-24(31)25(22,12-6-7-13-26)19-14-27-20-10-4-2-9-17(19)20/h2-5,8-11,14-15,22,27H,6-7,12H2,1H3,(H,28,30,31). The summed E-state index contributed by atoms with van der Waals surface area (Å²) in [5.41, 5.74) is 2.49. The number of amides is 2. The number of imide groups is 1. The van der Waals surface area contributed by atoms with E-state index in [0.29, 0.717) is 19.3 Å². The lowest BCUT2D eigenvalue weighted by atomic mass is 9.66. The Bertz CT molecular complexity index is 1370. The number of aromatic amines is 1. The van der Waals surface area contributed by atoms with E-state index >= 15 is 0 Å². The number of carbonyl (C=O) groups is 2. The van der Waals surface area contributed by atoms with Gasteiger partial charge < -0.3 is 9.55 Å². The number of para-hydroxylation sites is 2. The third-order valence-electron chi connectivity index (χ3n) is 6.57. The van der Waals surface area contributed by atoms with Gasteiger partial charge in [-0.15, -0.1) is 0 Å². The molecule has 4 aromatic rings. The lowest BCUT2D eigenvalue weighted by Gasteiger charge is -2.31. The van der Waals surface area contributed by atoms with Gasteiger partial charge in [0.2, 0.25) is 11.8 Å². The first-order valence-electron chi connectivity index (χ1n) is 10.4. The summed E-state index contributed by atoms with van der Waals surface area (Å²) in [5, 5.41) is 13.7. The molecule has 6 nitrogen and oxygen atoms in total. The molecule has 2 N–H and O–H groups in total. The highest BCUT2D eigenvalue weighted by Gasteiger charge is 2.57. The van der Waals surface area contributed by atoms with Gasteiger partial charge in [0.05, 0.1) is 17.4 Å². The van der Waals surface area contributed by atoms with Gasteiger partial charge in [0.1, 0.15) is 0 Å². The van der Waals surface area contributed by atoms with E-state index in [1.807, 2.05) is 72.5 Å². The number of nitriles is 1. The number of hydrogen-bond donors (Lipinski definition) is 2. The van der Waals surface area contributed by atoms with Gasteiger partial charge in [-0.1, -0.05) is 36.4 Å². The van der Waals surface area contributed by atoms with Gasteiger partial charge in [-0.05, 0) is 36.1 Å². The van der Waals surface area contributed by atoms with E-state index in [-0.39, 0.29) is 11.8 Å². The molecule has 2 aromatic heterocycles. The normalized spacial score (nSPS) is 21.0. The summed E-state index contributed by atoms with van der Waals surface area (Å²) >= 11 is 0. The van der Waals surface area contributed by atoms with E-state index < -0.39 is 11.3 Å². The Morgan fingerprint density at radius 3 is 2.65 bits per heavy atom. The molecule has 2 atom stereocenters. The largest absolute Gasteiger partial charge is 0.361 e. The molecule has 0 spiro atoms. The van der Waals surface area contributed by atoms with Crippen molar-refractivity contribution in [1.29, 1.82) is 5.26 Å². The van der Waals surface area contributed by atoms with Gasteiger partial charge in [0.25, 0.3) is 0 Å². The van der Waals surface area contributed by atoms with Gasteiger partial charge in [-0.2, -0.15) is 5.26 Å². The number of aryl methyl sites for hydroxylation is 1. The molecule has 0 radical (unpaired) electrons. The fourth-order valence-electron chi connectivity index (χ4n) is 5.22. The van der Waals surface area contributed by atoms with Gasteiger partial charge >= 0.3 is 0 Å². The van der Waals surface area contributed by atoms with Gasteiger partial charge in [-0.25, -0.2) is 0 Å². The van der Waals surface area contributed by atoms with Crippen LogP contribution in [0.5, 0.6) is 0 Å². The van der Waals surface area contributed by atoms with Gasteiger partial charge in [0, 0.05) is 47.7 Å². The number of H-pyrrole nitrogens is 1. The molecule has 2 aromatic carbocycles. The Morgan fingerprint density at radius 1 is 1.10 bits per heavy atom. The Hall–Kier alpha value is -3.85. The molecule has 154 valence electrons. The van der Waals surface area contributed by atoms with Crippen LogP contribution in [-0.2, 0) is 22.1 Å². The molecule has 1 aliphatic heterocycles. The maximum absolute atomic E-state index is 13.5. The van der Waals surface area contributed by atoms with E-state index in [2.05, 4.69) is 16.4 Å². The minimum absolute atomic E-state index is 0.288. The number of carbonyl (C=O) groups excluding carboxylic acids is 2. The minimum Gasteiger partial charge on any atom is -0.361 e. The number of nitrogens with one attached hydrogen (secondary N) is 2. The Morgan fingerprint density at radius 2 is 1.84 bits per heavy atom. The van der Waals surface area contributed by atoms with Crippen LogP contribution in [-0.4, -0.2) is 21.4 Å². The van der Waals surface area contributed by atoms with Crippen molar-refractivity contribution in [3.8, 4) is 6.07 Å². The second-order valence-electron chi connectivity index (χ2n) is 8.19. The molecule has 5 rings (SSSR count). The van der Waals surface area contributed by atoms with E-state index in [9.17, 15) is 9.59 Å². The summed E-state index contributed by atoms with van der Waals surface area (Å²) in [6.45, 7) is 0. The zero-order valence-electron chi connectivity index (χ0n) is 17.2. The van der Waals surface area contributed by atoms with Crippen molar-refractivity contribution in [2.45, 2.75) is 30.6 Å². The Labute approximate surface area is 179 Å². The van der Waals surface area contributed by atoms with Crippen molar-refractivity contribution < 1.29 is 9.59 Å². The number of fused-ring (bicyclic) bond motifs is 2. The SMILES string of the molecule is Cn1cc(C2C(=O)NC(=O)C2(CCCC#N)c2c[nH]c3ccccc23)c2ccccc21. The maximum Gasteiger partial charge on any atom is 0.238 e. The third kappa shape index (κ3) is 2.70. The average molecular weight is 410 g/mol. The van der Waals surface area contributed by atoms with Crippen LogP contribution in [0, 0.1) is 11.3 Å². The molecular weight excluding hydrogens is 388 g/mol. The van der Waals surface area contributed by atoms with Crippen LogP contribution < -0.4 is 5.32 Å². The van der Waals surface area contributed by atoms with Crippen LogP contribution in [0.1, 0.15) is 36.3 Å². The minimum atomic E-state index is -1.09. The van der Waals surface area contributed by atoms with E-state index in [1.54, 1.807) is 0 Å². The number of hydrogen-bond acceptors (Lipinski definition) is 3. The first kappa shape index (κ1) is 19.1. The van der Waals surface area contributed by atoms with Crippen LogP contribution in [0.3, 0.4) is 0 Å². The third-order valence-corrected chi connectivity index (χ3v) is 6.57. The predicted octanol–water partition coefficient (Wildman–Crippen LogP) is 4.03. The molecule has 3 heterocycles. The zero-order valence-corrected chi connectivity index (χ0v) is 17.2.